The van der Waals surface area contributed by atoms with Gasteiger partial charge in [0, 0.05) is 49.7 Å². The van der Waals surface area contributed by atoms with Crippen molar-refractivity contribution >= 4 is 96.4 Å². The molecule has 0 saturated heterocycles. The quantitative estimate of drug-likeness (QED) is 0.153. The Labute approximate surface area is 367 Å². The van der Waals surface area contributed by atoms with Crippen LogP contribution in [0.2, 0.25) is 0 Å². The summed E-state index contributed by atoms with van der Waals surface area (Å²) < 4.78 is 7.50. The lowest BCUT2D eigenvalue weighted by Crippen LogP contribution is -1.96. The van der Waals surface area contributed by atoms with Crippen LogP contribution in [0.1, 0.15) is 0 Å². The number of thiophene rings is 1. The van der Waals surface area contributed by atoms with E-state index in [0.717, 1.165) is 5.69 Å². The van der Waals surface area contributed by atoms with Crippen molar-refractivity contribution in [1.29, 1.82) is 0 Å². The molecule has 0 N–H and O–H groups in total. The lowest BCUT2D eigenvalue weighted by Gasteiger charge is -2.16. The van der Waals surface area contributed by atoms with Gasteiger partial charge in [-0.2, -0.15) is 0 Å². The molecule has 0 radical (unpaired) electrons. The van der Waals surface area contributed by atoms with Crippen LogP contribution in [0, 0.1) is 0 Å². The second-order valence-electron chi connectivity index (χ2n) is 16.9. The van der Waals surface area contributed by atoms with Gasteiger partial charge in [0.1, 0.15) is 0 Å². The zero-order valence-corrected chi connectivity index (χ0v) is 34.9. The minimum atomic E-state index is 1.16. The van der Waals surface area contributed by atoms with Crippen molar-refractivity contribution < 1.29 is 0 Å². The van der Waals surface area contributed by atoms with Gasteiger partial charge >= 0.3 is 0 Å². The molecule has 0 spiro atoms. The summed E-state index contributed by atoms with van der Waals surface area (Å²) in [6.45, 7) is 0. The van der Waals surface area contributed by atoms with E-state index < -0.39 is 0 Å². The molecule has 0 amide bonds. The van der Waals surface area contributed by atoms with E-state index in [2.05, 4.69) is 228 Å². The van der Waals surface area contributed by atoms with Gasteiger partial charge in [0.05, 0.1) is 21.4 Å². The monoisotopic (exact) mass is 816 g/mol. The largest absolute Gasteiger partial charge is 0.316 e. The second-order valence-corrected chi connectivity index (χ2v) is 18.0. The molecular formula is C60H36N2S. The molecule has 0 saturated carbocycles. The Morgan fingerprint density at radius 2 is 0.857 bits per heavy atom. The first-order valence-electron chi connectivity index (χ1n) is 21.6. The Morgan fingerprint density at radius 1 is 0.302 bits per heavy atom. The van der Waals surface area contributed by atoms with E-state index in [1.165, 1.54) is 124 Å². The predicted molar refractivity (Wildman–Crippen MR) is 271 cm³/mol. The summed E-state index contributed by atoms with van der Waals surface area (Å²) in [5.74, 6) is 0. The van der Waals surface area contributed by atoms with E-state index in [1.54, 1.807) is 0 Å². The maximum absolute atomic E-state index is 2.45. The molecular weight excluding hydrogens is 781 g/mol. The summed E-state index contributed by atoms with van der Waals surface area (Å²) in [5.41, 5.74) is 12.0. The third kappa shape index (κ3) is 5.18. The minimum Gasteiger partial charge on any atom is -0.316 e. The highest BCUT2D eigenvalue weighted by molar-refractivity contribution is 7.26. The van der Waals surface area contributed by atoms with E-state index in [0.29, 0.717) is 0 Å². The molecule has 0 aliphatic carbocycles. The molecule has 2 nitrogen and oxygen atoms in total. The number of hydrogen-bond acceptors (Lipinski definition) is 1. The molecule has 63 heavy (non-hydrogen) atoms. The molecule has 3 aromatic heterocycles. The number of nitrogens with zero attached hydrogens (tertiary/aromatic N) is 2. The molecule has 0 aliphatic rings. The maximum Gasteiger partial charge on any atom is 0.0634 e. The average molecular weight is 817 g/mol. The van der Waals surface area contributed by atoms with Crippen LogP contribution in [0.4, 0.5) is 0 Å². The lowest BCUT2D eigenvalue weighted by molar-refractivity contribution is 1.14. The van der Waals surface area contributed by atoms with Crippen molar-refractivity contribution in [2.75, 3.05) is 0 Å². The second kappa shape index (κ2) is 13.3. The Hall–Kier alpha value is -7.98. The van der Waals surface area contributed by atoms with Crippen LogP contribution in [-0.4, -0.2) is 9.13 Å². The zero-order valence-electron chi connectivity index (χ0n) is 34.1. The Balaban J connectivity index is 1.06. The van der Waals surface area contributed by atoms with E-state index in [4.69, 9.17) is 0 Å². The van der Waals surface area contributed by atoms with Gasteiger partial charge in [-0.3, -0.25) is 0 Å². The predicted octanol–water partition coefficient (Wildman–Crippen LogP) is 17.0. The average Bonchev–Trinajstić information content (AvgIpc) is 4.10. The van der Waals surface area contributed by atoms with Gasteiger partial charge in [-0.05, 0) is 132 Å². The standard InChI is InChI=1S/C60H36N2S/c1-3-11-37(12-4-1)44-31-45(38-13-5-2-6-14-38)33-46(32-44)41-25-26-49-53(36-41)50-27-29-61(47-34-42-23-21-39-15-9-16-40-22-24-43(35-47)57(42)56(39)40)58(50)52-28-30-62(59(49)52)54-19-10-18-51-48-17-7-8-20-55(48)63-60(51)54/h1-36H. The van der Waals surface area contributed by atoms with E-state index >= 15 is 0 Å². The molecule has 3 heteroatoms. The number of rotatable bonds is 5. The smallest absolute Gasteiger partial charge is 0.0634 e. The first-order chi connectivity index (χ1) is 31.2. The Kier molecular flexibility index (Phi) is 7.30. The van der Waals surface area contributed by atoms with Gasteiger partial charge in [-0.15, -0.1) is 11.3 Å². The minimum absolute atomic E-state index is 1.16. The van der Waals surface area contributed by atoms with Crippen LogP contribution in [0.15, 0.2) is 219 Å². The molecule has 0 unspecified atom stereocenters. The first kappa shape index (κ1) is 34.7. The van der Waals surface area contributed by atoms with Crippen molar-refractivity contribution in [3.05, 3.63) is 219 Å². The SMILES string of the molecule is c1ccc(-c2cc(-c3ccccc3)cc(-c3ccc4c(c3)c3ccn(-c5cc6ccc7cccc8ccc(c5)c6c78)c3c3ccn(-c5cccc6c5sc5ccccc56)c43)c2)cc1. The molecule has 3 heterocycles. The molecule has 14 rings (SSSR count). The molecule has 0 atom stereocenters. The molecule has 0 fully saturated rings. The van der Waals surface area contributed by atoms with Crippen molar-refractivity contribution in [2.45, 2.75) is 0 Å². The van der Waals surface area contributed by atoms with Gasteiger partial charge < -0.3 is 9.13 Å². The fourth-order valence-electron chi connectivity index (χ4n) is 10.6. The van der Waals surface area contributed by atoms with Crippen LogP contribution in [0.5, 0.6) is 0 Å². The van der Waals surface area contributed by atoms with Crippen LogP contribution in [-0.2, 0) is 0 Å². The Bertz CT molecular complexity index is 4010. The van der Waals surface area contributed by atoms with Crippen molar-refractivity contribution in [3.63, 3.8) is 0 Å². The molecule has 292 valence electrons. The van der Waals surface area contributed by atoms with E-state index in [9.17, 15) is 0 Å². The summed E-state index contributed by atoms with van der Waals surface area (Å²) in [4.78, 5) is 0. The first-order valence-corrected chi connectivity index (χ1v) is 22.5. The third-order valence-electron chi connectivity index (χ3n) is 13.4. The third-order valence-corrected chi connectivity index (χ3v) is 14.7. The van der Waals surface area contributed by atoms with E-state index in [1.807, 2.05) is 11.3 Å². The van der Waals surface area contributed by atoms with Crippen molar-refractivity contribution in [2.24, 2.45) is 0 Å². The maximum atomic E-state index is 2.45. The summed E-state index contributed by atoms with van der Waals surface area (Å²) in [5, 5.41) is 15.3. The fourth-order valence-corrected chi connectivity index (χ4v) is 11.8. The Morgan fingerprint density at radius 3 is 1.59 bits per heavy atom. The van der Waals surface area contributed by atoms with Crippen molar-refractivity contribution in [1.82, 2.24) is 9.13 Å². The molecule has 0 bridgehead atoms. The normalized spacial score (nSPS) is 12.1. The van der Waals surface area contributed by atoms with Crippen LogP contribution >= 0.6 is 11.3 Å². The number of aromatic nitrogens is 2. The summed E-state index contributed by atoms with van der Waals surface area (Å²) in [7, 11) is 0. The summed E-state index contributed by atoms with van der Waals surface area (Å²) in [6.07, 6.45) is 4.58. The molecule has 14 aromatic rings. The van der Waals surface area contributed by atoms with Gasteiger partial charge in [0.25, 0.3) is 0 Å². The zero-order chi connectivity index (χ0) is 41.2. The summed E-state index contributed by atoms with van der Waals surface area (Å²) >= 11 is 1.88. The van der Waals surface area contributed by atoms with Gasteiger partial charge in [0.15, 0.2) is 0 Å². The van der Waals surface area contributed by atoms with Crippen LogP contribution < -0.4 is 0 Å². The summed E-state index contributed by atoms with van der Waals surface area (Å²) in [6, 6.07) is 76.5. The number of benzene rings is 11. The van der Waals surface area contributed by atoms with E-state index in [-0.39, 0.29) is 0 Å². The van der Waals surface area contributed by atoms with Crippen molar-refractivity contribution in [3.8, 4) is 44.8 Å². The highest BCUT2D eigenvalue weighted by Gasteiger charge is 2.21. The molecule has 11 aromatic carbocycles. The van der Waals surface area contributed by atoms with Crippen LogP contribution in [0.3, 0.4) is 0 Å². The highest BCUT2D eigenvalue weighted by Crippen LogP contribution is 2.45. The fraction of sp³-hybridized carbons (Fsp3) is 0. The number of fused-ring (bicyclic) bond motifs is 9. The van der Waals surface area contributed by atoms with Gasteiger partial charge in [-0.25, -0.2) is 0 Å². The number of hydrogen-bond donors (Lipinski definition) is 0. The van der Waals surface area contributed by atoms with Crippen LogP contribution in [0.25, 0.3) is 130 Å². The highest BCUT2D eigenvalue weighted by atomic mass is 32.1. The lowest BCUT2D eigenvalue weighted by atomic mass is 9.92. The van der Waals surface area contributed by atoms with Gasteiger partial charge in [0.2, 0.25) is 0 Å². The topological polar surface area (TPSA) is 9.86 Å². The van der Waals surface area contributed by atoms with Gasteiger partial charge in [-0.1, -0.05) is 146 Å². The molecule has 0 aliphatic heterocycles.